The fraction of sp³-hybridized carbons (Fsp3) is 0.611. The molecule has 0 saturated carbocycles. The minimum absolute atomic E-state index is 0.230. The average molecular weight is 338 g/mol. The molecule has 1 heterocycles. The Hall–Kier alpha value is -1.66. The summed E-state index contributed by atoms with van der Waals surface area (Å²) in [6.07, 6.45) is 2.41. The highest BCUT2D eigenvalue weighted by atomic mass is 19.1. The van der Waals surface area contributed by atoms with E-state index in [9.17, 15) is 14.3 Å². The van der Waals surface area contributed by atoms with Crippen LogP contribution in [0.1, 0.15) is 38.2 Å². The second-order valence-corrected chi connectivity index (χ2v) is 6.36. The maximum Gasteiger partial charge on any atom is 0.314 e. The summed E-state index contributed by atoms with van der Waals surface area (Å²) in [6, 6.07) is 6.25. The molecule has 6 heteroatoms. The number of urea groups is 1. The zero-order chi connectivity index (χ0) is 17.4. The number of hydrogen-bond acceptors (Lipinski definition) is 3. The van der Waals surface area contributed by atoms with Crippen molar-refractivity contribution in [3.63, 3.8) is 0 Å². The second-order valence-electron chi connectivity index (χ2n) is 6.36. The van der Waals surface area contributed by atoms with E-state index in [0.717, 1.165) is 18.4 Å². The van der Waals surface area contributed by atoms with E-state index in [4.69, 9.17) is 4.74 Å². The van der Waals surface area contributed by atoms with Gasteiger partial charge in [-0.15, -0.1) is 0 Å². The molecular formula is C18H27FN2O3. The zero-order valence-corrected chi connectivity index (χ0v) is 14.2. The van der Waals surface area contributed by atoms with Crippen molar-refractivity contribution < 1.29 is 19.0 Å². The number of ether oxygens (including phenoxy) is 1. The van der Waals surface area contributed by atoms with Gasteiger partial charge in [0.25, 0.3) is 0 Å². The van der Waals surface area contributed by atoms with Crippen molar-refractivity contribution in [2.24, 2.45) is 0 Å². The first-order chi connectivity index (χ1) is 11.6. The molecule has 1 aromatic carbocycles. The first kappa shape index (κ1) is 18.7. The third kappa shape index (κ3) is 5.18. The summed E-state index contributed by atoms with van der Waals surface area (Å²) >= 11 is 0. The summed E-state index contributed by atoms with van der Waals surface area (Å²) in [7, 11) is 0. The van der Waals surface area contributed by atoms with E-state index < -0.39 is 0 Å². The number of amides is 2. The van der Waals surface area contributed by atoms with Crippen LogP contribution in [0.2, 0.25) is 0 Å². The molecular weight excluding hydrogens is 311 g/mol. The molecule has 0 bridgehead atoms. The van der Waals surface area contributed by atoms with Crippen molar-refractivity contribution in [2.75, 3.05) is 26.3 Å². The molecule has 3 N–H and O–H groups in total. The number of benzene rings is 1. The van der Waals surface area contributed by atoms with Crippen LogP contribution in [-0.4, -0.2) is 43.5 Å². The predicted octanol–water partition coefficient (Wildman–Crippen LogP) is 2.33. The SMILES string of the molecule is CCC(O)CCNC(=O)NCC1(c2ccc(F)cc2)CCOCC1. The fourth-order valence-electron chi connectivity index (χ4n) is 3.00. The van der Waals surface area contributed by atoms with E-state index in [1.807, 2.05) is 6.92 Å². The van der Waals surface area contributed by atoms with Crippen LogP contribution >= 0.6 is 0 Å². The Morgan fingerprint density at radius 1 is 1.29 bits per heavy atom. The van der Waals surface area contributed by atoms with E-state index in [1.54, 1.807) is 12.1 Å². The molecule has 2 amide bonds. The van der Waals surface area contributed by atoms with Gasteiger partial charge in [-0.25, -0.2) is 9.18 Å². The molecule has 1 unspecified atom stereocenters. The molecule has 0 aliphatic carbocycles. The molecule has 2 rings (SSSR count). The van der Waals surface area contributed by atoms with Crippen molar-refractivity contribution in [1.82, 2.24) is 10.6 Å². The minimum atomic E-state index is -0.383. The summed E-state index contributed by atoms with van der Waals surface area (Å²) < 4.78 is 18.7. The van der Waals surface area contributed by atoms with Crippen LogP contribution in [0.3, 0.4) is 0 Å². The molecule has 134 valence electrons. The molecule has 0 spiro atoms. The van der Waals surface area contributed by atoms with Gasteiger partial charge in [-0.1, -0.05) is 19.1 Å². The summed E-state index contributed by atoms with van der Waals surface area (Å²) in [5, 5.41) is 15.2. The number of hydrogen-bond donors (Lipinski definition) is 3. The Kier molecular flexibility index (Phi) is 6.99. The molecule has 0 aromatic heterocycles. The zero-order valence-electron chi connectivity index (χ0n) is 14.2. The van der Waals surface area contributed by atoms with Crippen LogP contribution in [-0.2, 0) is 10.2 Å². The number of nitrogens with one attached hydrogen (secondary N) is 2. The monoisotopic (exact) mass is 338 g/mol. The predicted molar refractivity (Wildman–Crippen MR) is 90.4 cm³/mol. The molecule has 24 heavy (non-hydrogen) atoms. The van der Waals surface area contributed by atoms with Crippen molar-refractivity contribution in [3.05, 3.63) is 35.6 Å². The number of halogens is 1. The van der Waals surface area contributed by atoms with Gasteiger partial charge >= 0.3 is 6.03 Å². The lowest BCUT2D eigenvalue weighted by atomic mass is 9.74. The molecule has 1 saturated heterocycles. The number of aliphatic hydroxyl groups excluding tert-OH is 1. The molecule has 0 radical (unpaired) electrons. The van der Waals surface area contributed by atoms with Gasteiger partial charge in [-0.2, -0.15) is 0 Å². The van der Waals surface area contributed by atoms with Gasteiger partial charge in [0.15, 0.2) is 0 Å². The maximum atomic E-state index is 13.2. The van der Waals surface area contributed by atoms with Crippen LogP contribution in [0.5, 0.6) is 0 Å². The molecule has 1 aliphatic rings. The summed E-state index contributed by atoms with van der Waals surface area (Å²) in [4.78, 5) is 12.0. The second kappa shape index (κ2) is 8.99. The van der Waals surface area contributed by atoms with Gasteiger partial charge < -0.3 is 20.5 Å². The molecule has 5 nitrogen and oxygen atoms in total. The van der Waals surface area contributed by atoms with Gasteiger partial charge in [0.05, 0.1) is 6.10 Å². The Labute approximate surface area is 142 Å². The van der Waals surface area contributed by atoms with Gasteiger partial charge in [-0.05, 0) is 43.4 Å². The number of carbonyl (C=O) groups is 1. The lowest BCUT2D eigenvalue weighted by molar-refractivity contribution is 0.0506. The average Bonchev–Trinajstić information content (AvgIpc) is 2.61. The highest BCUT2D eigenvalue weighted by molar-refractivity contribution is 5.73. The smallest absolute Gasteiger partial charge is 0.314 e. The van der Waals surface area contributed by atoms with E-state index >= 15 is 0 Å². The van der Waals surface area contributed by atoms with Crippen molar-refractivity contribution in [3.8, 4) is 0 Å². The molecule has 1 aromatic rings. The fourth-order valence-corrected chi connectivity index (χ4v) is 3.00. The van der Waals surface area contributed by atoms with Crippen LogP contribution in [0, 0.1) is 5.82 Å². The lowest BCUT2D eigenvalue weighted by Crippen LogP contribution is -2.47. The van der Waals surface area contributed by atoms with Gasteiger partial charge in [0.2, 0.25) is 0 Å². The Morgan fingerprint density at radius 3 is 2.58 bits per heavy atom. The number of carbonyl (C=O) groups excluding carboxylic acids is 1. The van der Waals surface area contributed by atoms with E-state index in [1.165, 1.54) is 12.1 Å². The highest BCUT2D eigenvalue weighted by Gasteiger charge is 2.34. The Bertz CT molecular complexity index is 516. The third-order valence-electron chi connectivity index (χ3n) is 4.73. The summed E-state index contributed by atoms with van der Waals surface area (Å²) in [5.74, 6) is -0.263. The molecule has 1 fully saturated rings. The van der Waals surface area contributed by atoms with Crippen LogP contribution in [0.4, 0.5) is 9.18 Å². The molecule has 1 atom stereocenters. The molecule has 1 aliphatic heterocycles. The number of aliphatic hydroxyl groups is 1. The topological polar surface area (TPSA) is 70.6 Å². The minimum Gasteiger partial charge on any atom is -0.393 e. The third-order valence-corrected chi connectivity index (χ3v) is 4.73. The normalized spacial score (nSPS) is 18.0. The van der Waals surface area contributed by atoms with Crippen molar-refractivity contribution in [2.45, 2.75) is 44.1 Å². The largest absolute Gasteiger partial charge is 0.393 e. The highest BCUT2D eigenvalue weighted by Crippen LogP contribution is 2.34. The quantitative estimate of drug-likeness (QED) is 0.715. The summed E-state index contributed by atoms with van der Waals surface area (Å²) in [6.45, 7) is 4.08. The van der Waals surface area contributed by atoms with Gasteiger partial charge in [0, 0.05) is 31.7 Å². The van der Waals surface area contributed by atoms with Crippen LogP contribution in [0.15, 0.2) is 24.3 Å². The summed E-state index contributed by atoms with van der Waals surface area (Å²) in [5.41, 5.74) is 0.792. The Balaban J connectivity index is 1.92. The lowest BCUT2D eigenvalue weighted by Gasteiger charge is -2.38. The number of rotatable bonds is 7. The van der Waals surface area contributed by atoms with Crippen molar-refractivity contribution in [1.29, 1.82) is 0 Å². The van der Waals surface area contributed by atoms with Crippen molar-refractivity contribution >= 4 is 6.03 Å². The standard InChI is InChI=1S/C18H27FN2O3/c1-2-16(22)7-10-20-17(23)21-13-18(8-11-24-12-9-18)14-3-5-15(19)6-4-14/h3-6,16,22H,2,7-13H2,1H3,(H2,20,21,23). The Morgan fingerprint density at radius 2 is 1.96 bits per heavy atom. The van der Waals surface area contributed by atoms with Gasteiger partial charge in [-0.3, -0.25) is 0 Å². The first-order valence-electron chi connectivity index (χ1n) is 8.59. The van der Waals surface area contributed by atoms with Gasteiger partial charge in [0.1, 0.15) is 5.82 Å². The van der Waals surface area contributed by atoms with E-state index in [2.05, 4.69) is 10.6 Å². The van der Waals surface area contributed by atoms with Crippen LogP contribution < -0.4 is 10.6 Å². The van der Waals surface area contributed by atoms with E-state index in [0.29, 0.717) is 39.1 Å². The maximum absolute atomic E-state index is 13.2. The van der Waals surface area contributed by atoms with Crippen LogP contribution in [0.25, 0.3) is 0 Å². The first-order valence-corrected chi connectivity index (χ1v) is 8.59. The van der Waals surface area contributed by atoms with E-state index in [-0.39, 0.29) is 23.4 Å².